The van der Waals surface area contributed by atoms with Crippen LogP contribution in [0.3, 0.4) is 0 Å². The molecule has 0 atom stereocenters. The standard InChI is InChI=1S/C17H17N5O/c18-9-12-4-3-7-14(8-12)22-17(23)15-10-20-16(11-19-15)21-13-5-1-2-6-13/h3-4,7-8,10-11,13H,1-2,5-6H2,(H,20,21)(H,22,23). The van der Waals surface area contributed by atoms with Gasteiger partial charge in [-0.2, -0.15) is 5.26 Å². The molecule has 3 rings (SSSR count). The van der Waals surface area contributed by atoms with Crippen molar-refractivity contribution in [1.82, 2.24) is 9.97 Å². The Kier molecular flexibility index (Phi) is 4.48. The van der Waals surface area contributed by atoms with Gasteiger partial charge in [0.15, 0.2) is 0 Å². The van der Waals surface area contributed by atoms with Gasteiger partial charge in [0.25, 0.3) is 5.91 Å². The van der Waals surface area contributed by atoms with Gasteiger partial charge >= 0.3 is 0 Å². The molecule has 0 aliphatic heterocycles. The fourth-order valence-corrected chi connectivity index (χ4v) is 2.66. The van der Waals surface area contributed by atoms with Crippen LogP contribution in [0.25, 0.3) is 0 Å². The van der Waals surface area contributed by atoms with Crippen molar-refractivity contribution in [3.8, 4) is 6.07 Å². The molecule has 1 saturated carbocycles. The average molecular weight is 307 g/mol. The van der Waals surface area contributed by atoms with Gasteiger partial charge in [0.1, 0.15) is 11.5 Å². The number of nitrogens with one attached hydrogen (secondary N) is 2. The Morgan fingerprint density at radius 3 is 2.74 bits per heavy atom. The van der Waals surface area contributed by atoms with Gasteiger partial charge in [-0.15, -0.1) is 0 Å². The third kappa shape index (κ3) is 3.83. The summed E-state index contributed by atoms with van der Waals surface area (Å²) in [6.45, 7) is 0. The quantitative estimate of drug-likeness (QED) is 0.906. The van der Waals surface area contributed by atoms with E-state index in [0.717, 1.165) is 12.8 Å². The van der Waals surface area contributed by atoms with Crippen molar-refractivity contribution in [3.63, 3.8) is 0 Å². The van der Waals surface area contributed by atoms with Crippen LogP contribution in [0.1, 0.15) is 41.7 Å². The number of anilines is 2. The molecule has 23 heavy (non-hydrogen) atoms. The number of amides is 1. The highest BCUT2D eigenvalue weighted by molar-refractivity contribution is 6.02. The summed E-state index contributed by atoms with van der Waals surface area (Å²) in [5.41, 5.74) is 1.29. The molecular weight excluding hydrogens is 290 g/mol. The number of benzene rings is 1. The first-order valence-electron chi connectivity index (χ1n) is 7.65. The van der Waals surface area contributed by atoms with E-state index in [9.17, 15) is 4.79 Å². The lowest BCUT2D eigenvalue weighted by Gasteiger charge is -2.12. The van der Waals surface area contributed by atoms with E-state index in [-0.39, 0.29) is 11.6 Å². The van der Waals surface area contributed by atoms with E-state index in [4.69, 9.17) is 5.26 Å². The summed E-state index contributed by atoms with van der Waals surface area (Å²) in [4.78, 5) is 20.6. The van der Waals surface area contributed by atoms with E-state index in [1.807, 2.05) is 6.07 Å². The first kappa shape index (κ1) is 15.0. The monoisotopic (exact) mass is 307 g/mol. The largest absolute Gasteiger partial charge is 0.366 e. The second-order valence-corrected chi connectivity index (χ2v) is 5.56. The van der Waals surface area contributed by atoms with Gasteiger partial charge in [-0.05, 0) is 31.0 Å². The Morgan fingerprint density at radius 1 is 1.22 bits per heavy atom. The first-order valence-corrected chi connectivity index (χ1v) is 7.65. The maximum Gasteiger partial charge on any atom is 0.275 e. The molecule has 1 aliphatic carbocycles. The normalized spacial score (nSPS) is 14.2. The molecule has 1 fully saturated rings. The van der Waals surface area contributed by atoms with Crippen molar-refractivity contribution < 1.29 is 4.79 Å². The van der Waals surface area contributed by atoms with E-state index < -0.39 is 0 Å². The highest BCUT2D eigenvalue weighted by Gasteiger charge is 2.15. The molecule has 0 spiro atoms. The second kappa shape index (κ2) is 6.88. The Morgan fingerprint density at radius 2 is 2.04 bits per heavy atom. The van der Waals surface area contributed by atoms with Crippen LogP contribution in [0.2, 0.25) is 0 Å². The van der Waals surface area contributed by atoms with Crippen molar-refractivity contribution in [2.75, 3.05) is 10.6 Å². The van der Waals surface area contributed by atoms with Gasteiger partial charge < -0.3 is 10.6 Å². The van der Waals surface area contributed by atoms with E-state index in [1.165, 1.54) is 19.0 Å². The summed E-state index contributed by atoms with van der Waals surface area (Å²) in [6.07, 6.45) is 7.83. The molecule has 1 heterocycles. The van der Waals surface area contributed by atoms with Gasteiger partial charge in [-0.25, -0.2) is 9.97 Å². The fraction of sp³-hybridized carbons (Fsp3) is 0.294. The van der Waals surface area contributed by atoms with Crippen molar-refractivity contribution >= 4 is 17.4 Å². The number of nitriles is 1. The van der Waals surface area contributed by atoms with E-state index in [0.29, 0.717) is 23.1 Å². The van der Waals surface area contributed by atoms with Gasteiger partial charge in [-0.1, -0.05) is 18.9 Å². The number of hydrogen-bond acceptors (Lipinski definition) is 5. The lowest BCUT2D eigenvalue weighted by molar-refractivity contribution is 0.102. The maximum absolute atomic E-state index is 12.2. The summed E-state index contributed by atoms with van der Waals surface area (Å²) >= 11 is 0. The molecule has 116 valence electrons. The number of carbonyl (C=O) groups is 1. The van der Waals surface area contributed by atoms with Gasteiger partial charge in [-0.3, -0.25) is 4.79 Å². The highest BCUT2D eigenvalue weighted by atomic mass is 16.1. The van der Waals surface area contributed by atoms with Crippen LogP contribution in [0.5, 0.6) is 0 Å². The lowest BCUT2D eigenvalue weighted by atomic mass is 10.2. The highest BCUT2D eigenvalue weighted by Crippen LogP contribution is 2.21. The summed E-state index contributed by atoms with van der Waals surface area (Å²) in [5.74, 6) is 0.347. The van der Waals surface area contributed by atoms with E-state index in [2.05, 4.69) is 20.6 Å². The predicted octanol–water partition coefficient (Wildman–Crippen LogP) is 2.96. The molecule has 1 aromatic carbocycles. The third-order valence-electron chi connectivity index (χ3n) is 3.84. The van der Waals surface area contributed by atoms with Crippen molar-refractivity contribution in [1.29, 1.82) is 5.26 Å². The van der Waals surface area contributed by atoms with Crippen LogP contribution in [0.15, 0.2) is 36.7 Å². The Hall–Kier alpha value is -2.94. The summed E-state index contributed by atoms with van der Waals surface area (Å²) in [7, 11) is 0. The Balaban J connectivity index is 1.64. The molecule has 0 saturated heterocycles. The van der Waals surface area contributed by atoms with Crippen LogP contribution in [0, 0.1) is 11.3 Å². The van der Waals surface area contributed by atoms with Crippen molar-refractivity contribution in [2.45, 2.75) is 31.7 Å². The minimum atomic E-state index is -0.347. The molecule has 2 aromatic rings. The second-order valence-electron chi connectivity index (χ2n) is 5.56. The summed E-state index contributed by atoms with van der Waals surface area (Å²) in [6, 6.07) is 9.22. The SMILES string of the molecule is N#Cc1cccc(NC(=O)c2cnc(NC3CCCC3)cn2)c1. The van der Waals surface area contributed by atoms with Crippen LogP contribution in [0.4, 0.5) is 11.5 Å². The van der Waals surface area contributed by atoms with Crippen LogP contribution >= 0.6 is 0 Å². The van der Waals surface area contributed by atoms with Crippen LogP contribution in [-0.4, -0.2) is 21.9 Å². The van der Waals surface area contributed by atoms with E-state index in [1.54, 1.807) is 30.5 Å². The molecule has 0 bridgehead atoms. The minimum Gasteiger partial charge on any atom is -0.366 e. The number of aromatic nitrogens is 2. The van der Waals surface area contributed by atoms with Crippen molar-refractivity contribution in [2.24, 2.45) is 0 Å². The molecule has 0 radical (unpaired) electrons. The number of hydrogen-bond donors (Lipinski definition) is 2. The number of carbonyl (C=O) groups excluding carboxylic acids is 1. The minimum absolute atomic E-state index is 0.240. The van der Waals surface area contributed by atoms with Crippen LogP contribution < -0.4 is 10.6 Å². The molecule has 0 unspecified atom stereocenters. The summed E-state index contributed by atoms with van der Waals surface area (Å²) in [5, 5.41) is 14.9. The molecule has 2 N–H and O–H groups in total. The maximum atomic E-state index is 12.2. The molecule has 6 nitrogen and oxygen atoms in total. The zero-order valence-corrected chi connectivity index (χ0v) is 12.6. The van der Waals surface area contributed by atoms with Crippen LogP contribution in [-0.2, 0) is 0 Å². The first-order chi connectivity index (χ1) is 11.2. The van der Waals surface area contributed by atoms with Crippen molar-refractivity contribution in [3.05, 3.63) is 47.9 Å². The van der Waals surface area contributed by atoms with Gasteiger partial charge in [0, 0.05) is 11.7 Å². The Labute approximate surface area is 134 Å². The topological polar surface area (TPSA) is 90.7 Å². The zero-order chi connectivity index (χ0) is 16.1. The van der Waals surface area contributed by atoms with Gasteiger partial charge in [0.2, 0.25) is 0 Å². The molecule has 1 aromatic heterocycles. The van der Waals surface area contributed by atoms with Gasteiger partial charge in [0.05, 0.1) is 24.0 Å². The lowest BCUT2D eigenvalue weighted by Crippen LogP contribution is -2.17. The summed E-state index contributed by atoms with van der Waals surface area (Å²) < 4.78 is 0. The average Bonchev–Trinajstić information content (AvgIpc) is 3.08. The fourth-order valence-electron chi connectivity index (χ4n) is 2.66. The molecular formula is C17H17N5O. The number of nitrogens with zero attached hydrogens (tertiary/aromatic N) is 3. The number of rotatable bonds is 4. The van der Waals surface area contributed by atoms with E-state index >= 15 is 0 Å². The predicted molar refractivity (Wildman–Crippen MR) is 87.0 cm³/mol. The molecule has 1 amide bonds. The molecule has 6 heteroatoms. The Bertz CT molecular complexity index is 729. The smallest absolute Gasteiger partial charge is 0.275 e. The third-order valence-corrected chi connectivity index (χ3v) is 3.84. The molecule has 1 aliphatic rings. The zero-order valence-electron chi connectivity index (χ0n) is 12.6.